The molecule has 0 radical (unpaired) electrons. The van der Waals surface area contributed by atoms with Crippen LogP contribution in [-0.4, -0.2) is 29.2 Å². The SMILES string of the molecule is Cc1ccc(Sc2ccc(NC(=O)CCC(=O)OCC(=O)c3ccc([N+](=O)[O-])cc3)cc2)cc1. The van der Waals surface area contributed by atoms with Crippen LogP contribution in [0.2, 0.25) is 0 Å². The van der Waals surface area contributed by atoms with E-state index in [0.717, 1.165) is 9.79 Å². The highest BCUT2D eigenvalue weighted by Crippen LogP contribution is 2.28. The maximum absolute atomic E-state index is 12.1. The van der Waals surface area contributed by atoms with Gasteiger partial charge in [0.05, 0.1) is 11.3 Å². The number of carbonyl (C=O) groups is 3. The second-order valence-corrected chi connectivity index (χ2v) is 8.52. The summed E-state index contributed by atoms with van der Waals surface area (Å²) in [5, 5.41) is 13.4. The van der Waals surface area contributed by atoms with Gasteiger partial charge in [0, 0.05) is 39.6 Å². The molecule has 34 heavy (non-hydrogen) atoms. The van der Waals surface area contributed by atoms with E-state index in [9.17, 15) is 24.5 Å². The lowest BCUT2D eigenvalue weighted by molar-refractivity contribution is -0.384. The number of nitro groups is 1. The first-order valence-electron chi connectivity index (χ1n) is 10.4. The molecule has 0 fully saturated rings. The van der Waals surface area contributed by atoms with Gasteiger partial charge in [0.2, 0.25) is 5.91 Å². The molecule has 1 amide bonds. The Labute approximate surface area is 200 Å². The molecular weight excluding hydrogens is 456 g/mol. The zero-order valence-electron chi connectivity index (χ0n) is 18.4. The van der Waals surface area contributed by atoms with Crippen molar-refractivity contribution in [3.63, 3.8) is 0 Å². The fraction of sp³-hybridized carbons (Fsp3) is 0.160. The van der Waals surface area contributed by atoms with Crippen molar-refractivity contribution in [3.05, 3.63) is 94.0 Å². The van der Waals surface area contributed by atoms with Gasteiger partial charge >= 0.3 is 5.97 Å². The van der Waals surface area contributed by atoms with Crippen LogP contribution in [0.25, 0.3) is 0 Å². The van der Waals surface area contributed by atoms with Crippen LogP contribution in [-0.2, 0) is 14.3 Å². The van der Waals surface area contributed by atoms with E-state index in [2.05, 4.69) is 5.32 Å². The summed E-state index contributed by atoms with van der Waals surface area (Å²) in [6.45, 7) is 1.53. The van der Waals surface area contributed by atoms with Gasteiger partial charge in [-0.25, -0.2) is 0 Å². The van der Waals surface area contributed by atoms with Crippen molar-refractivity contribution < 1.29 is 24.0 Å². The summed E-state index contributed by atoms with van der Waals surface area (Å²) in [6, 6.07) is 20.6. The molecule has 0 aliphatic heterocycles. The fourth-order valence-corrected chi connectivity index (χ4v) is 3.67. The number of aryl methyl sites for hydroxylation is 1. The quantitative estimate of drug-likeness (QED) is 0.184. The first-order chi connectivity index (χ1) is 16.3. The number of hydrogen-bond donors (Lipinski definition) is 1. The highest BCUT2D eigenvalue weighted by molar-refractivity contribution is 7.99. The number of rotatable bonds is 10. The average molecular weight is 479 g/mol. The summed E-state index contributed by atoms with van der Waals surface area (Å²) >= 11 is 1.61. The van der Waals surface area contributed by atoms with Crippen LogP contribution in [0.5, 0.6) is 0 Å². The highest BCUT2D eigenvalue weighted by atomic mass is 32.2. The summed E-state index contributed by atoms with van der Waals surface area (Å²) in [7, 11) is 0. The number of nitrogens with one attached hydrogen (secondary N) is 1. The maximum Gasteiger partial charge on any atom is 0.306 e. The van der Waals surface area contributed by atoms with Gasteiger partial charge in [0.25, 0.3) is 5.69 Å². The number of ether oxygens (including phenoxy) is 1. The molecule has 9 heteroatoms. The number of esters is 1. The molecule has 3 aromatic carbocycles. The van der Waals surface area contributed by atoms with E-state index in [-0.39, 0.29) is 30.0 Å². The molecule has 0 spiro atoms. The zero-order valence-corrected chi connectivity index (χ0v) is 19.2. The predicted octanol–water partition coefficient (Wildman–Crippen LogP) is 5.20. The average Bonchev–Trinajstić information content (AvgIpc) is 2.84. The first kappa shape index (κ1) is 24.7. The van der Waals surface area contributed by atoms with Gasteiger partial charge in [-0.15, -0.1) is 0 Å². The van der Waals surface area contributed by atoms with E-state index in [1.807, 2.05) is 43.3 Å². The van der Waals surface area contributed by atoms with Crippen LogP contribution in [0.3, 0.4) is 0 Å². The van der Waals surface area contributed by atoms with Crippen LogP contribution < -0.4 is 5.32 Å². The van der Waals surface area contributed by atoms with Gasteiger partial charge in [-0.1, -0.05) is 29.5 Å². The molecule has 0 aromatic heterocycles. The Kier molecular flexibility index (Phi) is 8.53. The van der Waals surface area contributed by atoms with Crippen molar-refractivity contribution in [1.82, 2.24) is 0 Å². The maximum atomic E-state index is 12.1. The molecule has 0 heterocycles. The molecule has 0 saturated heterocycles. The fourth-order valence-electron chi connectivity index (χ4n) is 2.86. The van der Waals surface area contributed by atoms with Crippen LogP contribution in [0.15, 0.2) is 82.6 Å². The van der Waals surface area contributed by atoms with Gasteiger partial charge in [-0.3, -0.25) is 24.5 Å². The number of amides is 1. The summed E-state index contributed by atoms with van der Waals surface area (Å²) in [6.07, 6.45) is -0.273. The Balaban J connectivity index is 1.39. The van der Waals surface area contributed by atoms with Gasteiger partial charge in [0.15, 0.2) is 12.4 Å². The number of Topliss-reactive ketones (excluding diaryl/α,β-unsaturated/α-hetero) is 1. The monoisotopic (exact) mass is 478 g/mol. The molecule has 0 unspecified atom stereocenters. The first-order valence-corrected chi connectivity index (χ1v) is 11.2. The molecule has 0 atom stereocenters. The molecule has 0 saturated carbocycles. The van der Waals surface area contributed by atoms with Crippen LogP contribution in [0.4, 0.5) is 11.4 Å². The zero-order chi connectivity index (χ0) is 24.5. The lowest BCUT2D eigenvalue weighted by Crippen LogP contribution is -2.17. The van der Waals surface area contributed by atoms with Crippen molar-refractivity contribution in [3.8, 4) is 0 Å². The molecule has 0 aliphatic carbocycles. The normalized spacial score (nSPS) is 10.4. The number of non-ortho nitro benzene ring substituents is 1. The molecule has 1 N–H and O–H groups in total. The van der Waals surface area contributed by atoms with E-state index in [4.69, 9.17) is 4.74 Å². The lowest BCUT2D eigenvalue weighted by Gasteiger charge is -2.07. The van der Waals surface area contributed by atoms with Crippen molar-refractivity contribution in [2.45, 2.75) is 29.6 Å². The van der Waals surface area contributed by atoms with Crippen molar-refractivity contribution in [2.75, 3.05) is 11.9 Å². The number of benzene rings is 3. The van der Waals surface area contributed by atoms with Gasteiger partial charge in [-0.2, -0.15) is 0 Å². The number of anilines is 1. The molecule has 3 rings (SSSR count). The second-order valence-electron chi connectivity index (χ2n) is 7.38. The minimum absolute atomic E-state index is 0.0928. The third kappa shape index (κ3) is 7.56. The summed E-state index contributed by atoms with van der Waals surface area (Å²) in [5.41, 5.74) is 1.86. The molecular formula is C25H22N2O6S. The van der Waals surface area contributed by atoms with E-state index < -0.39 is 23.3 Å². The lowest BCUT2D eigenvalue weighted by atomic mass is 10.1. The van der Waals surface area contributed by atoms with E-state index in [1.165, 1.54) is 29.8 Å². The van der Waals surface area contributed by atoms with Crippen LogP contribution in [0.1, 0.15) is 28.8 Å². The molecule has 0 bridgehead atoms. The number of hydrogen-bond acceptors (Lipinski definition) is 7. The van der Waals surface area contributed by atoms with Crippen LogP contribution in [0, 0.1) is 17.0 Å². The van der Waals surface area contributed by atoms with E-state index in [1.54, 1.807) is 23.9 Å². The van der Waals surface area contributed by atoms with Gasteiger partial charge in [-0.05, 0) is 55.5 Å². The number of nitrogens with zero attached hydrogens (tertiary/aromatic N) is 1. The Morgan fingerprint density at radius 3 is 2.06 bits per heavy atom. The third-order valence-electron chi connectivity index (χ3n) is 4.72. The molecule has 174 valence electrons. The molecule has 3 aromatic rings. The predicted molar refractivity (Wildman–Crippen MR) is 128 cm³/mol. The highest BCUT2D eigenvalue weighted by Gasteiger charge is 2.13. The Hall–Kier alpha value is -3.98. The van der Waals surface area contributed by atoms with Crippen molar-refractivity contribution in [2.24, 2.45) is 0 Å². The molecule has 8 nitrogen and oxygen atoms in total. The smallest absolute Gasteiger partial charge is 0.306 e. The third-order valence-corrected chi connectivity index (χ3v) is 5.73. The van der Waals surface area contributed by atoms with Gasteiger partial charge in [0.1, 0.15) is 0 Å². The summed E-state index contributed by atoms with van der Waals surface area (Å²) in [4.78, 5) is 48.3. The standard InChI is InChI=1S/C25H22N2O6S/c1-17-2-10-21(11-3-17)34-22-12-6-19(7-13-22)26-24(29)14-15-25(30)33-16-23(28)18-4-8-20(9-5-18)27(31)32/h2-13H,14-16H2,1H3,(H,26,29). The summed E-state index contributed by atoms with van der Waals surface area (Å²) in [5.74, 6) is -1.52. The minimum atomic E-state index is -0.685. The summed E-state index contributed by atoms with van der Waals surface area (Å²) < 4.78 is 4.91. The van der Waals surface area contributed by atoms with Crippen LogP contribution >= 0.6 is 11.8 Å². The Morgan fingerprint density at radius 2 is 1.47 bits per heavy atom. The number of nitro benzene ring substituents is 1. The Morgan fingerprint density at radius 1 is 0.882 bits per heavy atom. The van der Waals surface area contributed by atoms with E-state index >= 15 is 0 Å². The minimum Gasteiger partial charge on any atom is -0.457 e. The topological polar surface area (TPSA) is 116 Å². The number of ketones is 1. The van der Waals surface area contributed by atoms with Gasteiger partial charge < -0.3 is 10.1 Å². The Bertz CT molecular complexity index is 1180. The molecule has 0 aliphatic rings. The van der Waals surface area contributed by atoms with Crippen molar-refractivity contribution in [1.29, 1.82) is 0 Å². The second kappa shape index (κ2) is 11.8. The van der Waals surface area contributed by atoms with Crippen molar-refractivity contribution >= 4 is 40.8 Å². The largest absolute Gasteiger partial charge is 0.457 e. The number of carbonyl (C=O) groups excluding carboxylic acids is 3. The van der Waals surface area contributed by atoms with E-state index in [0.29, 0.717) is 5.69 Å².